The van der Waals surface area contributed by atoms with E-state index in [0.29, 0.717) is 6.42 Å². The number of hydrogen-bond acceptors (Lipinski definition) is 2. The number of carbonyl (C=O) groups is 1. The highest BCUT2D eigenvalue weighted by molar-refractivity contribution is 5.89. The molecule has 0 atom stereocenters. The molecule has 0 radical (unpaired) electrons. The highest BCUT2D eigenvalue weighted by atomic mass is 16.4. The van der Waals surface area contributed by atoms with Gasteiger partial charge in [0.25, 0.3) is 0 Å². The standard InChI is InChI=1S/C10H16O3/c1-9(2)5-10(3,4)7(11)6(9)8(12)13/h11H,5H2,1-4H3,(H,12,13). The Bertz CT molecular complexity index is 285. The number of rotatable bonds is 1. The molecule has 0 saturated heterocycles. The fourth-order valence-electron chi connectivity index (χ4n) is 2.33. The summed E-state index contributed by atoms with van der Waals surface area (Å²) in [4.78, 5) is 10.9. The Hall–Kier alpha value is -0.990. The van der Waals surface area contributed by atoms with Gasteiger partial charge >= 0.3 is 5.97 Å². The van der Waals surface area contributed by atoms with Crippen molar-refractivity contribution in [3.05, 3.63) is 11.3 Å². The van der Waals surface area contributed by atoms with Gasteiger partial charge in [0, 0.05) is 10.8 Å². The summed E-state index contributed by atoms with van der Waals surface area (Å²) >= 11 is 0. The number of carboxylic acid groups (broad SMARTS) is 1. The van der Waals surface area contributed by atoms with Crippen molar-refractivity contribution in [2.45, 2.75) is 34.1 Å². The Kier molecular flexibility index (Phi) is 1.94. The second-order valence-corrected chi connectivity index (χ2v) is 4.97. The molecule has 2 N–H and O–H groups in total. The molecule has 0 heterocycles. The van der Waals surface area contributed by atoms with Gasteiger partial charge in [0.05, 0.1) is 5.57 Å². The van der Waals surface area contributed by atoms with Crippen molar-refractivity contribution in [2.75, 3.05) is 0 Å². The largest absolute Gasteiger partial charge is 0.511 e. The Morgan fingerprint density at radius 2 is 1.69 bits per heavy atom. The zero-order valence-electron chi connectivity index (χ0n) is 8.51. The molecule has 1 rings (SSSR count). The summed E-state index contributed by atoms with van der Waals surface area (Å²) in [5.74, 6) is -0.974. The summed E-state index contributed by atoms with van der Waals surface area (Å²) < 4.78 is 0. The molecule has 3 heteroatoms. The van der Waals surface area contributed by atoms with E-state index in [1.807, 2.05) is 27.7 Å². The van der Waals surface area contributed by atoms with E-state index in [1.165, 1.54) is 0 Å². The number of hydrogen-bond donors (Lipinski definition) is 2. The van der Waals surface area contributed by atoms with Gasteiger partial charge in [-0.25, -0.2) is 4.79 Å². The molecular weight excluding hydrogens is 168 g/mol. The third-order valence-electron chi connectivity index (χ3n) is 2.65. The van der Waals surface area contributed by atoms with Crippen molar-refractivity contribution < 1.29 is 15.0 Å². The van der Waals surface area contributed by atoms with E-state index >= 15 is 0 Å². The fraction of sp³-hybridized carbons (Fsp3) is 0.700. The van der Waals surface area contributed by atoms with Crippen LogP contribution in [-0.2, 0) is 4.79 Å². The van der Waals surface area contributed by atoms with Crippen LogP contribution in [0.2, 0.25) is 0 Å². The molecule has 0 unspecified atom stereocenters. The van der Waals surface area contributed by atoms with Crippen molar-refractivity contribution in [3.63, 3.8) is 0 Å². The topological polar surface area (TPSA) is 57.5 Å². The van der Waals surface area contributed by atoms with Gasteiger partial charge in [-0.15, -0.1) is 0 Å². The van der Waals surface area contributed by atoms with Gasteiger partial charge in [0.15, 0.2) is 0 Å². The molecule has 13 heavy (non-hydrogen) atoms. The normalized spacial score (nSPS) is 24.9. The van der Waals surface area contributed by atoms with Gasteiger partial charge in [0.2, 0.25) is 0 Å². The average molecular weight is 184 g/mol. The summed E-state index contributed by atoms with van der Waals surface area (Å²) in [7, 11) is 0. The fourth-order valence-corrected chi connectivity index (χ4v) is 2.33. The minimum atomic E-state index is -1.01. The van der Waals surface area contributed by atoms with Crippen LogP contribution in [0, 0.1) is 10.8 Å². The van der Waals surface area contributed by atoms with Crippen molar-refractivity contribution in [1.29, 1.82) is 0 Å². The summed E-state index contributed by atoms with van der Waals surface area (Å²) in [5.41, 5.74) is -0.672. The van der Waals surface area contributed by atoms with Crippen LogP contribution in [0.1, 0.15) is 34.1 Å². The van der Waals surface area contributed by atoms with Crippen LogP contribution in [-0.4, -0.2) is 16.2 Å². The molecule has 0 aromatic rings. The first-order valence-electron chi connectivity index (χ1n) is 4.36. The lowest BCUT2D eigenvalue weighted by Gasteiger charge is -2.23. The zero-order chi connectivity index (χ0) is 10.4. The molecule has 0 aromatic heterocycles. The molecule has 0 aromatic carbocycles. The van der Waals surface area contributed by atoms with Crippen LogP contribution in [0.15, 0.2) is 11.3 Å². The second-order valence-electron chi connectivity index (χ2n) is 4.97. The quantitative estimate of drug-likeness (QED) is 0.657. The van der Waals surface area contributed by atoms with Crippen LogP contribution >= 0.6 is 0 Å². The van der Waals surface area contributed by atoms with Crippen molar-refractivity contribution in [3.8, 4) is 0 Å². The Labute approximate surface area is 78.1 Å². The van der Waals surface area contributed by atoms with Crippen LogP contribution in [0.5, 0.6) is 0 Å². The molecule has 0 amide bonds. The van der Waals surface area contributed by atoms with E-state index in [0.717, 1.165) is 0 Å². The minimum Gasteiger partial charge on any atom is -0.511 e. The lowest BCUT2D eigenvalue weighted by atomic mass is 9.80. The van der Waals surface area contributed by atoms with E-state index in [4.69, 9.17) is 5.11 Å². The van der Waals surface area contributed by atoms with E-state index < -0.39 is 16.8 Å². The number of aliphatic hydroxyl groups is 1. The second kappa shape index (κ2) is 2.50. The highest BCUT2D eigenvalue weighted by Gasteiger charge is 2.47. The first-order valence-corrected chi connectivity index (χ1v) is 4.36. The van der Waals surface area contributed by atoms with E-state index in [9.17, 15) is 9.90 Å². The number of allylic oxidation sites excluding steroid dienone is 1. The van der Waals surface area contributed by atoms with Gasteiger partial charge in [-0.2, -0.15) is 0 Å². The molecular formula is C10H16O3. The molecule has 3 nitrogen and oxygen atoms in total. The van der Waals surface area contributed by atoms with Gasteiger partial charge in [-0.1, -0.05) is 27.7 Å². The third-order valence-corrected chi connectivity index (χ3v) is 2.65. The molecule has 0 aliphatic heterocycles. The SMILES string of the molecule is CC1(C)CC(C)(C)C(C(=O)O)=C1O. The maximum Gasteiger partial charge on any atom is 0.335 e. The predicted octanol–water partition coefficient (Wildman–Crippen LogP) is 2.34. The number of aliphatic hydroxyl groups excluding tert-OH is 1. The molecule has 0 spiro atoms. The molecule has 1 aliphatic rings. The van der Waals surface area contributed by atoms with Gasteiger partial charge in [-0.3, -0.25) is 0 Å². The van der Waals surface area contributed by atoms with Crippen LogP contribution in [0.3, 0.4) is 0 Å². The highest BCUT2D eigenvalue weighted by Crippen LogP contribution is 2.51. The molecule has 0 fully saturated rings. The average Bonchev–Trinajstić information content (AvgIpc) is 1.96. The van der Waals surface area contributed by atoms with Crippen LogP contribution < -0.4 is 0 Å². The third kappa shape index (κ3) is 1.43. The maximum atomic E-state index is 10.9. The molecule has 0 saturated carbocycles. The van der Waals surface area contributed by atoms with Crippen molar-refractivity contribution in [2.24, 2.45) is 10.8 Å². The Morgan fingerprint density at radius 1 is 1.23 bits per heavy atom. The van der Waals surface area contributed by atoms with Crippen molar-refractivity contribution in [1.82, 2.24) is 0 Å². The molecule has 74 valence electrons. The lowest BCUT2D eigenvalue weighted by Crippen LogP contribution is -2.18. The van der Waals surface area contributed by atoms with Crippen molar-refractivity contribution >= 4 is 5.97 Å². The zero-order valence-corrected chi connectivity index (χ0v) is 8.51. The van der Waals surface area contributed by atoms with E-state index in [1.54, 1.807) is 0 Å². The maximum absolute atomic E-state index is 10.9. The summed E-state index contributed by atoms with van der Waals surface area (Å²) in [6, 6.07) is 0. The first-order chi connectivity index (χ1) is 5.68. The minimum absolute atomic E-state index is 0.0324. The predicted molar refractivity (Wildman–Crippen MR) is 49.5 cm³/mol. The van der Waals surface area contributed by atoms with Gasteiger partial charge in [-0.05, 0) is 6.42 Å². The first kappa shape index (κ1) is 10.1. The lowest BCUT2D eigenvalue weighted by molar-refractivity contribution is -0.133. The summed E-state index contributed by atoms with van der Waals surface area (Å²) in [6.45, 7) is 7.42. The Morgan fingerprint density at radius 3 is 1.85 bits per heavy atom. The van der Waals surface area contributed by atoms with E-state index in [-0.39, 0.29) is 11.3 Å². The monoisotopic (exact) mass is 184 g/mol. The van der Waals surface area contributed by atoms with E-state index in [2.05, 4.69) is 0 Å². The smallest absolute Gasteiger partial charge is 0.335 e. The summed E-state index contributed by atoms with van der Waals surface area (Å²) in [6.07, 6.45) is 0.674. The number of aliphatic carboxylic acids is 1. The van der Waals surface area contributed by atoms with Gasteiger partial charge < -0.3 is 10.2 Å². The Balaban J connectivity index is 3.26. The molecule has 1 aliphatic carbocycles. The molecule has 0 bridgehead atoms. The van der Waals surface area contributed by atoms with Gasteiger partial charge in [0.1, 0.15) is 5.76 Å². The van der Waals surface area contributed by atoms with Crippen LogP contribution in [0.4, 0.5) is 0 Å². The summed E-state index contributed by atoms with van der Waals surface area (Å²) in [5, 5.41) is 18.7. The van der Waals surface area contributed by atoms with Crippen LogP contribution in [0.25, 0.3) is 0 Å². The number of carboxylic acids is 1.